The van der Waals surface area contributed by atoms with Gasteiger partial charge >= 0.3 is 0 Å². The molecular formula is C29H34N4O4. The molecular weight excluding hydrogens is 468 g/mol. The third kappa shape index (κ3) is 6.37. The lowest BCUT2D eigenvalue weighted by atomic mass is 9.95. The van der Waals surface area contributed by atoms with Gasteiger partial charge in [-0.3, -0.25) is 19.2 Å². The van der Waals surface area contributed by atoms with Crippen LogP contribution in [-0.2, 0) is 20.8 Å². The van der Waals surface area contributed by atoms with E-state index in [-0.39, 0.29) is 41.9 Å². The molecule has 8 heteroatoms. The van der Waals surface area contributed by atoms with Crippen LogP contribution in [0.2, 0.25) is 0 Å². The summed E-state index contributed by atoms with van der Waals surface area (Å²) in [5.74, 6) is 0.0556. The molecule has 1 aliphatic heterocycles. The highest BCUT2D eigenvalue weighted by Crippen LogP contribution is 2.32. The van der Waals surface area contributed by atoms with E-state index in [4.69, 9.17) is 0 Å². The quantitative estimate of drug-likeness (QED) is 0.575. The van der Waals surface area contributed by atoms with Crippen LogP contribution in [0.4, 0.5) is 11.4 Å². The van der Waals surface area contributed by atoms with E-state index in [1.807, 2.05) is 36.2 Å². The van der Waals surface area contributed by atoms with Gasteiger partial charge in [-0.2, -0.15) is 0 Å². The lowest BCUT2D eigenvalue weighted by molar-refractivity contribution is -0.135. The number of benzene rings is 2. The fraction of sp³-hybridized carbons (Fsp3) is 0.448. The van der Waals surface area contributed by atoms with Gasteiger partial charge in [-0.15, -0.1) is 0 Å². The first-order chi connectivity index (χ1) is 17.9. The minimum Gasteiger partial charge on any atom is -0.342 e. The van der Waals surface area contributed by atoms with Crippen molar-refractivity contribution in [2.75, 3.05) is 30.8 Å². The molecule has 1 saturated heterocycles. The highest BCUT2D eigenvalue weighted by atomic mass is 16.2. The molecule has 3 aliphatic rings. The maximum atomic E-state index is 12.8. The van der Waals surface area contributed by atoms with Crippen molar-refractivity contribution >= 4 is 35.0 Å². The molecule has 0 radical (unpaired) electrons. The Balaban J connectivity index is 1.12. The molecule has 5 rings (SSSR count). The lowest BCUT2D eigenvalue weighted by Gasteiger charge is -2.31. The number of carbonyl (C=O) groups excluding carboxylic acids is 4. The van der Waals surface area contributed by atoms with Gasteiger partial charge in [-0.05, 0) is 74.4 Å². The first kappa shape index (κ1) is 25.0. The zero-order valence-corrected chi connectivity index (χ0v) is 21.2. The number of anilines is 2. The first-order valence-corrected chi connectivity index (χ1v) is 13.2. The normalized spacial score (nSPS) is 17.7. The van der Waals surface area contributed by atoms with Gasteiger partial charge in [-0.1, -0.05) is 18.2 Å². The number of rotatable bonds is 8. The molecule has 0 aromatic heterocycles. The van der Waals surface area contributed by atoms with Crippen LogP contribution < -0.4 is 10.6 Å². The molecule has 2 aromatic rings. The van der Waals surface area contributed by atoms with Crippen molar-refractivity contribution in [3.8, 4) is 0 Å². The Morgan fingerprint density at radius 3 is 2.19 bits per heavy atom. The van der Waals surface area contributed by atoms with Crippen LogP contribution in [-0.4, -0.2) is 59.6 Å². The Morgan fingerprint density at radius 1 is 0.838 bits per heavy atom. The molecule has 0 atom stereocenters. The number of hydrogen-bond acceptors (Lipinski definition) is 4. The number of nitrogens with one attached hydrogen (secondary N) is 2. The second-order valence-corrected chi connectivity index (χ2v) is 10.5. The average molecular weight is 503 g/mol. The summed E-state index contributed by atoms with van der Waals surface area (Å²) in [7, 11) is 1.82. The largest absolute Gasteiger partial charge is 0.342 e. The maximum absolute atomic E-state index is 12.8. The van der Waals surface area contributed by atoms with E-state index in [1.54, 1.807) is 29.2 Å². The Labute approximate surface area is 217 Å². The topological polar surface area (TPSA) is 98.8 Å². The fourth-order valence-electron chi connectivity index (χ4n) is 4.91. The van der Waals surface area contributed by atoms with Crippen LogP contribution >= 0.6 is 0 Å². The minimum atomic E-state index is -0.198. The second-order valence-electron chi connectivity index (χ2n) is 10.5. The zero-order valence-electron chi connectivity index (χ0n) is 21.2. The van der Waals surface area contributed by atoms with Crippen LogP contribution in [0.15, 0.2) is 48.5 Å². The molecule has 2 N–H and O–H groups in total. The predicted molar refractivity (Wildman–Crippen MR) is 141 cm³/mol. The molecule has 2 aromatic carbocycles. The average Bonchev–Trinajstić information content (AvgIpc) is 3.81. The maximum Gasteiger partial charge on any atom is 0.253 e. The number of likely N-dealkylation sites (tertiary alicyclic amines) is 1. The van der Waals surface area contributed by atoms with E-state index in [0.29, 0.717) is 48.9 Å². The van der Waals surface area contributed by atoms with E-state index in [2.05, 4.69) is 10.6 Å². The Hall–Kier alpha value is -3.68. The van der Waals surface area contributed by atoms with Gasteiger partial charge in [0.25, 0.3) is 5.91 Å². The van der Waals surface area contributed by atoms with E-state index in [9.17, 15) is 19.2 Å². The van der Waals surface area contributed by atoms with Crippen molar-refractivity contribution in [1.82, 2.24) is 9.80 Å². The van der Waals surface area contributed by atoms with E-state index in [0.717, 1.165) is 31.2 Å². The molecule has 0 bridgehead atoms. The Bertz CT molecular complexity index is 1200. The van der Waals surface area contributed by atoms with Gasteiger partial charge in [0, 0.05) is 55.0 Å². The summed E-state index contributed by atoms with van der Waals surface area (Å²) in [6, 6.07) is 14.6. The second kappa shape index (κ2) is 10.7. The number of nitrogens with zero attached hydrogens (tertiary/aromatic N) is 2. The summed E-state index contributed by atoms with van der Waals surface area (Å²) in [5, 5.41) is 5.86. The van der Waals surface area contributed by atoms with Crippen LogP contribution in [0, 0.1) is 11.8 Å². The highest BCUT2D eigenvalue weighted by Gasteiger charge is 2.36. The summed E-state index contributed by atoms with van der Waals surface area (Å²) >= 11 is 0. The predicted octanol–water partition coefficient (Wildman–Crippen LogP) is 3.69. The van der Waals surface area contributed by atoms with Crippen molar-refractivity contribution in [3.63, 3.8) is 0 Å². The van der Waals surface area contributed by atoms with Crippen molar-refractivity contribution in [1.29, 1.82) is 0 Å². The molecule has 4 amide bonds. The molecule has 0 unspecified atom stereocenters. The van der Waals surface area contributed by atoms with Gasteiger partial charge in [0.05, 0.1) is 6.42 Å². The van der Waals surface area contributed by atoms with E-state index >= 15 is 0 Å². The van der Waals surface area contributed by atoms with Crippen molar-refractivity contribution in [3.05, 3.63) is 59.7 Å². The molecule has 1 heterocycles. The fourth-order valence-corrected chi connectivity index (χ4v) is 4.91. The molecule has 3 fully saturated rings. The van der Waals surface area contributed by atoms with Crippen molar-refractivity contribution in [2.24, 2.45) is 11.8 Å². The van der Waals surface area contributed by atoms with Crippen LogP contribution in [0.1, 0.15) is 54.4 Å². The van der Waals surface area contributed by atoms with Crippen molar-refractivity contribution in [2.45, 2.75) is 51.0 Å². The van der Waals surface area contributed by atoms with Gasteiger partial charge in [0.1, 0.15) is 0 Å². The Morgan fingerprint density at radius 2 is 1.51 bits per heavy atom. The summed E-state index contributed by atoms with van der Waals surface area (Å²) in [6.07, 6.45) is 5.56. The number of piperidine rings is 1. The zero-order chi connectivity index (χ0) is 25.9. The molecule has 2 saturated carbocycles. The molecule has 194 valence electrons. The molecule has 8 nitrogen and oxygen atoms in total. The van der Waals surface area contributed by atoms with Crippen LogP contribution in [0.3, 0.4) is 0 Å². The van der Waals surface area contributed by atoms with Gasteiger partial charge in [0.15, 0.2) is 0 Å². The van der Waals surface area contributed by atoms with Gasteiger partial charge < -0.3 is 20.4 Å². The number of carbonyl (C=O) groups is 4. The SMILES string of the molecule is CN(C(=O)c1cccc(NC(=O)Cc2cccc(NC(=O)C3CCN(C(=O)C4CC4)CC3)c2)c1)C1CC1. The summed E-state index contributed by atoms with van der Waals surface area (Å²) in [4.78, 5) is 54.1. The lowest BCUT2D eigenvalue weighted by Crippen LogP contribution is -2.42. The van der Waals surface area contributed by atoms with Crippen molar-refractivity contribution < 1.29 is 19.2 Å². The third-order valence-electron chi connectivity index (χ3n) is 7.47. The summed E-state index contributed by atoms with van der Waals surface area (Å²) in [5.41, 5.74) is 2.57. The molecule has 2 aliphatic carbocycles. The van der Waals surface area contributed by atoms with E-state index < -0.39 is 0 Å². The monoisotopic (exact) mass is 502 g/mol. The first-order valence-electron chi connectivity index (χ1n) is 13.2. The molecule has 0 spiro atoms. The van der Waals surface area contributed by atoms with Gasteiger partial charge in [-0.25, -0.2) is 0 Å². The third-order valence-corrected chi connectivity index (χ3v) is 7.47. The summed E-state index contributed by atoms with van der Waals surface area (Å²) in [6.45, 7) is 1.27. The number of hydrogen-bond donors (Lipinski definition) is 2. The highest BCUT2D eigenvalue weighted by molar-refractivity contribution is 5.98. The molecule has 37 heavy (non-hydrogen) atoms. The standard InChI is InChI=1S/C29H34N4O4/c1-32(25-10-11-25)28(36)22-5-3-7-24(18-22)30-26(34)17-19-4-2-6-23(16-19)31-27(35)20-12-14-33(15-13-20)29(37)21-8-9-21/h2-7,16,18,20-21,25H,8-15,17H2,1H3,(H,30,34)(H,31,35). The summed E-state index contributed by atoms with van der Waals surface area (Å²) < 4.78 is 0. The van der Waals surface area contributed by atoms with Gasteiger partial charge in [0.2, 0.25) is 17.7 Å². The minimum absolute atomic E-state index is 0.0396. The number of amides is 4. The Kier molecular flexibility index (Phi) is 7.26. The van der Waals surface area contributed by atoms with E-state index in [1.165, 1.54) is 0 Å². The van der Waals surface area contributed by atoms with Crippen LogP contribution in [0.25, 0.3) is 0 Å². The van der Waals surface area contributed by atoms with Crippen LogP contribution in [0.5, 0.6) is 0 Å². The smallest absolute Gasteiger partial charge is 0.253 e.